The second-order valence-corrected chi connectivity index (χ2v) is 11.7. The van der Waals surface area contributed by atoms with Gasteiger partial charge in [-0.1, -0.05) is 30.3 Å². The Labute approximate surface area is 220 Å². The molecule has 0 radical (unpaired) electrons. The van der Waals surface area contributed by atoms with E-state index in [0.29, 0.717) is 24.5 Å². The van der Waals surface area contributed by atoms with Crippen molar-refractivity contribution < 1.29 is 19.1 Å². The zero-order valence-corrected chi connectivity index (χ0v) is 22.1. The van der Waals surface area contributed by atoms with E-state index in [4.69, 9.17) is 9.47 Å². The summed E-state index contributed by atoms with van der Waals surface area (Å²) in [5.41, 5.74) is 6.26. The van der Waals surface area contributed by atoms with Crippen LogP contribution in [0, 0.1) is 12.8 Å². The number of carbonyl (C=O) groups excluding carboxylic acids is 2. The standard InChI is InChI=1S/C32H39NO4/c1-22-2-5-25(30(34)18-23-3-4-23)20-28(22)24-6-7-29-26(19-24)21-31(35)32(29)10-8-27(9-11-32)37-17-14-33-12-15-36-16-13-33/h2,5-7,19-20,23,27H,3-4,8-18,21H2,1H3. The number of benzene rings is 2. The van der Waals surface area contributed by atoms with Gasteiger partial charge in [-0.25, -0.2) is 0 Å². The fraction of sp³-hybridized carbons (Fsp3) is 0.562. The molecule has 0 bridgehead atoms. The summed E-state index contributed by atoms with van der Waals surface area (Å²) < 4.78 is 11.7. The van der Waals surface area contributed by atoms with Crippen molar-refractivity contribution >= 4 is 11.6 Å². The van der Waals surface area contributed by atoms with Gasteiger partial charge < -0.3 is 9.47 Å². The molecule has 1 heterocycles. The van der Waals surface area contributed by atoms with E-state index in [0.717, 1.165) is 87.4 Å². The highest BCUT2D eigenvalue weighted by atomic mass is 16.5. The summed E-state index contributed by atoms with van der Waals surface area (Å²) in [4.78, 5) is 28.5. The fourth-order valence-electron chi connectivity index (χ4n) is 6.65. The minimum Gasteiger partial charge on any atom is -0.379 e. The molecule has 5 heteroatoms. The minimum atomic E-state index is -0.338. The molecule has 0 aromatic heterocycles. The van der Waals surface area contributed by atoms with Gasteiger partial charge in [0, 0.05) is 38.0 Å². The number of hydrogen-bond donors (Lipinski definition) is 0. The molecule has 3 fully saturated rings. The molecule has 0 unspecified atom stereocenters. The van der Waals surface area contributed by atoms with Gasteiger partial charge in [-0.2, -0.15) is 0 Å². The molecule has 1 spiro atoms. The summed E-state index contributed by atoms with van der Waals surface area (Å²) in [6.45, 7) is 7.44. The highest BCUT2D eigenvalue weighted by Gasteiger charge is 2.48. The average molecular weight is 502 g/mol. The van der Waals surface area contributed by atoms with E-state index in [1.165, 1.54) is 24.0 Å². The predicted octanol–water partition coefficient (Wildman–Crippen LogP) is 5.30. The lowest BCUT2D eigenvalue weighted by Gasteiger charge is -2.37. The smallest absolute Gasteiger partial charge is 0.163 e. The third-order valence-electron chi connectivity index (χ3n) is 9.20. The number of nitrogens with zero attached hydrogens (tertiary/aromatic N) is 1. The summed E-state index contributed by atoms with van der Waals surface area (Å²) >= 11 is 0. The van der Waals surface area contributed by atoms with Crippen LogP contribution >= 0.6 is 0 Å². The average Bonchev–Trinajstić information content (AvgIpc) is 3.69. The molecule has 6 rings (SSSR count). The number of aryl methyl sites for hydroxylation is 1. The maximum Gasteiger partial charge on any atom is 0.163 e. The second-order valence-electron chi connectivity index (χ2n) is 11.7. The first-order chi connectivity index (χ1) is 18.0. The van der Waals surface area contributed by atoms with E-state index < -0.39 is 0 Å². The van der Waals surface area contributed by atoms with Gasteiger partial charge in [-0.05, 0) is 85.3 Å². The summed E-state index contributed by atoms with van der Waals surface area (Å²) in [6, 6.07) is 12.7. The zero-order valence-electron chi connectivity index (χ0n) is 22.1. The second kappa shape index (κ2) is 10.4. The van der Waals surface area contributed by atoms with Gasteiger partial charge in [0.2, 0.25) is 0 Å². The van der Waals surface area contributed by atoms with E-state index in [2.05, 4.69) is 42.2 Å². The van der Waals surface area contributed by atoms with Crippen molar-refractivity contribution in [1.29, 1.82) is 0 Å². The topological polar surface area (TPSA) is 55.8 Å². The van der Waals surface area contributed by atoms with E-state index >= 15 is 0 Å². The van der Waals surface area contributed by atoms with Gasteiger partial charge in [0.05, 0.1) is 31.3 Å². The number of morpholine rings is 1. The van der Waals surface area contributed by atoms with E-state index in [1.807, 2.05) is 6.07 Å². The SMILES string of the molecule is Cc1ccc(C(=O)CC2CC2)cc1-c1ccc2c(c1)CC(=O)C21CCC(OCCN2CCOCC2)CC1. The Bertz CT molecular complexity index is 1170. The summed E-state index contributed by atoms with van der Waals surface area (Å²) in [5, 5.41) is 0. The largest absolute Gasteiger partial charge is 0.379 e. The monoisotopic (exact) mass is 501 g/mol. The summed E-state index contributed by atoms with van der Waals surface area (Å²) in [6.07, 6.45) is 7.46. The Hall–Kier alpha value is -2.34. The Morgan fingerprint density at radius 3 is 2.59 bits per heavy atom. The third-order valence-corrected chi connectivity index (χ3v) is 9.20. The molecule has 5 nitrogen and oxygen atoms in total. The molecule has 2 saturated carbocycles. The first-order valence-corrected chi connectivity index (χ1v) is 14.2. The van der Waals surface area contributed by atoms with Gasteiger partial charge in [0.25, 0.3) is 0 Å². The molecule has 0 atom stereocenters. The summed E-state index contributed by atoms with van der Waals surface area (Å²) in [7, 11) is 0. The quantitative estimate of drug-likeness (QED) is 0.460. The minimum absolute atomic E-state index is 0.251. The Balaban J connectivity index is 1.13. The molecule has 4 aliphatic rings. The van der Waals surface area contributed by atoms with Gasteiger partial charge in [0.15, 0.2) is 5.78 Å². The van der Waals surface area contributed by atoms with E-state index in [1.54, 1.807) is 0 Å². The lowest BCUT2D eigenvalue weighted by atomic mass is 9.69. The van der Waals surface area contributed by atoms with Gasteiger partial charge in [0.1, 0.15) is 5.78 Å². The summed E-state index contributed by atoms with van der Waals surface area (Å²) in [5.74, 6) is 1.21. The normalized spacial score (nSPS) is 26.0. The van der Waals surface area contributed by atoms with Crippen LogP contribution in [0.15, 0.2) is 36.4 Å². The first-order valence-electron chi connectivity index (χ1n) is 14.2. The Morgan fingerprint density at radius 1 is 1.05 bits per heavy atom. The Morgan fingerprint density at radius 2 is 1.84 bits per heavy atom. The third kappa shape index (κ3) is 5.19. The molecule has 1 aliphatic heterocycles. The van der Waals surface area contributed by atoms with Crippen molar-refractivity contribution in [3.63, 3.8) is 0 Å². The Kier molecular flexibility index (Phi) is 7.04. The molecule has 3 aliphatic carbocycles. The lowest BCUT2D eigenvalue weighted by Crippen LogP contribution is -2.41. The number of carbonyl (C=O) groups is 2. The maximum atomic E-state index is 13.4. The number of rotatable bonds is 8. The fourth-order valence-corrected chi connectivity index (χ4v) is 6.65. The van der Waals surface area contributed by atoms with E-state index in [9.17, 15) is 9.59 Å². The highest BCUT2D eigenvalue weighted by Crippen LogP contribution is 2.48. The van der Waals surface area contributed by atoms with Gasteiger partial charge in [-0.3, -0.25) is 14.5 Å². The van der Waals surface area contributed by atoms with Crippen LogP contribution in [0.1, 0.15) is 72.0 Å². The molecular weight excluding hydrogens is 462 g/mol. The lowest BCUT2D eigenvalue weighted by molar-refractivity contribution is -0.125. The van der Waals surface area contributed by atoms with Crippen LogP contribution in [0.25, 0.3) is 11.1 Å². The van der Waals surface area contributed by atoms with Crippen LogP contribution in [0.2, 0.25) is 0 Å². The van der Waals surface area contributed by atoms with E-state index in [-0.39, 0.29) is 17.3 Å². The molecule has 2 aromatic carbocycles. The molecule has 0 amide bonds. The van der Waals surface area contributed by atoms with Crippen LogP contribution < -0.4 is 0 Å². The van der Waals surface area contributed by atoms with Gasteiger partial charge in [-0.15, -0.1) is 0 Å². The van der Waals surface area contributed by atoms with Crippen LogP contribution in [-0.4, -0.2) is 62.0 Å². The molecule has 0 N–H and O–H groups in total. The number of hydrogen-bond acceptors (Lipinski definition) is 5. The predicted molar refractivity (Wildman–Crippen MR) is 144 cm³/mol. The number of fused-ring (bicyclic) bond motifs is 2. The van der Waals surface area contributed by atoms with Crippen LogP contribution in [0.5, 0.6) is 0 Å². The number of Topliss-reactive ketones (excluding diaryl/α,β-unsaturated/α-hetero) is 2. The van der Waals surface area contributed by atoms with Crippen LogP contribution in [0.3, 0.4) is 0 Å². The highest BCUT2D eigenvalue weighted by molar-refractivity contribution is 5.99. The number of ether oxygens (including phenoxy) is 2. The maximum absolute atomic E-state index is 13.4. The molecule has 2 aromatic rings. The molecule has 1 saturated heterocycles. The zero-order chi connectivity index (χ0) is 25.4. The van der Waals surface area contributed by atoms with Crippen molar-refractivity contribution in [2.75, 3.05) is 39.5 Å². The van der Waals surface area contributed by atoms with Crippen molar-refractivity contribution in [1.82, 2.24) is 4.90 Å². The molecule has 37 heavy (non-hydrogen) atoms. The first kappa shape index (κ1) is 25.0. The van der Waals surface area contributed by atoms with Crippen LogP contribution in [-0.2, 0) is 26.1 Å². The van der Waals surface area contributed by atoms with Crippen molar-refractivity contribution in [2.45, 2.75) is 69.8 Å². The van der Waals surface area contributed by atoms with Crippen molar-refractivity contribution in [3.05, 3.63) is 58.7 Å². The number of ketones is 2. The molecule has 196 valence electrons. The molecular formula is C32H39NO4. The van der Waals surface area contributed by atoms with Gasteiger partial charge >= 0.3 is 0 Å². The van der Waals surface area contributed by atoms with Crippen LogP contribution in [0.4, 0.5) is 0 Å². The van der Waals surface area contributed by atoms with Crippen molar-refractivity contribution in [3.8, 4) is 11.1 Å². The van der Waals surface area contributed by atoms with Crippen molar-refractivity contribution in [2.24, 2.45) is 5.92 Å².